The number of oxime groups is 1. The Balaban J connectivity index is 2.65. The zero-order chi connectivity index (χ0) is 12.2. The Hall–Kier alpha value is -1.50. The number of ether oxygens (including phenoxy) is 1. The van der Waals surface area contributed by atoms with Gasteiger partial charge in [0.15, 0.2) is 11.8 Å². The van der Waals surface area contributed by atoms with Crippen molar-refractivity contribution in [3.8, 4) is 5.75 Å². The van der Waals surface area contributed by atoms with Crippen LogP contribution in [0.4, 0.5) is 13.2 Å². The number of halogens is 4. The van der Waals surface area contributed by atoms with Crippen LogP contribution >= 0.6 is 11.6 Å². The molecule has 0 spiro atoms. The SMILES string of the molecule is ON=C(Cl)c1ccc(OCC(F)(F)F)cn1. The Morgan fingerprint density at radius 3 is 2.62 bits per heavy atom. The highest BCUT2D eigenvalue weighted by molar-refractivity contribution is 6.69. The fourth-order valence-electron chi connectivity index (χ4n) is 0.804. The van der Waals surface area contributed by atoms with Gasteiger partial charge in [0.25, 0.3) is 0 Å². The van der Waals surface area contributed by atoms with E-state index >= 15 is 0 Å². The molecule has 8 heteroatoms. The molecule has 1 N–H and O–H groups in total. The van der Waals surface area contributed by atoms with Gasteiger partial charge in [-0.2, -0.15) is 13.2 Å². The van der Waals surface area contributed by atoms with Crippen molar-refractivity contribution in [2.24, 2.45) is 5.16 Å². The van der Waals surface area contributed by atoms with Crippen LogP contribution in [0, 0.1) is 0 Å². The molecule has 0 unspecified atom stereocenters. The van der Waals surface area contributed by atoms with Gasteiger partial charge < -0.3 is 9.94 Å². The fourth-order valence-corrected chi connectivity index (χ4v) is 0.916. The fraction of sp³-hybridized carbons (Fsp3) is 0.250. The first-order valence-corrected chi connectivity index (χ1v) is 4.34. The molecule has 0 saturated carbocycles. The number of rotatable bonds is 3. The quantitative estimate of drug-likeness (QED) is 0.512. The molecule has 4 nitrogen and oxygen atoms in total. The highest BCUT2D eigenvalue weighted by Crippen LogP contribution is 2.18. The summed E-state index contributed by atoms with van der Waals surface area (Å²) in [6.07, 6.45) is -3.35. The lowest BCUT2D eigenvalue weighted by atomic mass is 10.3. The van der Waals surface area contributed by atoms with Crippen molar-refractivity contribution in [2.75, 3.05) is 6.61 Å². The second kappa shape index (κ2) is 5.02. The van der Waals surface area contributed by atoms with E-state index < -0.39 is 12.8 Å². The summed E-state index contributed by atoms with van der Waals surface area (Å²) in [5.74, 6) is -0.0523. The van der Waals surface area contributed by atoms with Crippen LogP contribution in [0.3, 0.4) is 0 Å². The van der Waals surface area contributed by atoms with Crippen LogP contribution in [0.1, 0.15) is 5.69 Å². The van der Waals surface area contributed by atoms with E-state index in [-0.39, 0.29) is 16.6 Å². The third-order valence-corrected chi connectivity index (χ3v) is 1.71. The molecule has 0 aromatic carbocycles. The largest absolute Gasteiger partial charge is 0.483 e. The summed E-state index contributed by atoms with van der Waals surface area (Å²) in [5, 5.41) is 10.7. The van der Waals surface area contributed by atoms with Gasteiger partial charge in [0, 0.05) is 0 Å². The summed E-state index contributed by atoms with van der Waals surface area (Å²) in [5.41, 5.74) is 0.128. The molecule has 0 aliphatic heterocycles. The lowest BCUT2D eigenvalue weighted by Crippen LogP contribution is -2.19. The van der Waals surface area contributed by atoms with E-state index in [9.17, 15) is 13.2 Å². The zero-order valence-electron chi connectivity index (χ0n) is 7.70. The van der Waals surface area contributed by atoms with Crippen LogP contribution in [0.2, 0.25) is 0 Å². The molecule has 88 valence electrons. The topological polar surface area (TPSA) is 54.7 Å². The van der Waals surface area contributed by atoms with Gasteiger partial charge >= 0.3 is 6.18 Å². The van der Waals surface area contributed by atoms with Gasteiger partial charge in [-0.05, 0) is 12.1 Å². The molecular weight excluding hydrogens is 249 g/mol. The van der Waals surface area contributed by atoms with Crippen LogP contribution < -0.4 is 4.74 Å². The summed E-state index contributed by atoms with van der Waals surface area (Å²) >= 11 is 5.41. The first-order valence-electron chi connectivity index (χ1n) is 3.96. The van der Waals surface area contributed by atoms with E-state index in [1.165, 1.54) is 12.1 Å². The second-order valence-electron chi connectivity index (χ2n) is 2.67. The predicted octanol–water partition coefficient (Wildman–Crippen LogP) is 2.40. The highest BCUT2D eigenvalue weighted by atomic mass is 35.5. The van der Waals surface area contributed by atoms with Crippen molar-refractivity contribution in [2.45, 2.75) is 6.18 Å². The van der Waals surface area contributed by atoms with Gasteiger partial charge in [0.2, 0.25) is 0 Å². The number of nitrogens with zero attached hydrogens (tertiary/aromatic N) is 2. The molecular formula is C8H6ClF3N2O2. The van der Waals surface area contributed by atoms with E-state index in [1.807, 2.05) is 0 Å². The molecule has 0 aliphatic carbocycles. The molecule has 1 heterocycles. The molecule has 0 amide bonds. The Labute approximate surface area is 93.3 Å². The van der Waals surface area contributed by atoms with Crippen molar-refractivity contribution in [3.05, 3.63) is 24.0 Å². The predicted molar refractivity (Wildman–Crippen MR) is 50.0 cm³/mol. The summed E-state index contributed by atoms with van der Waals surface area (Å²) in [7, 11) is 0. The average molecular weight is 255 g/mol. The van der Waals surface area contributed by atoms with Gasteiger partial charge in [-0.25, -0.2) is 4.98 Å². The third-order valence-electron chi connectivity index (χ3n) is 1.44. The molecule has 0 fully saturated rings. The monoisotopic (exact) mass is 254 g/mol. The minimum absolute atomic E-state index is 0.0523. The maximum absolute atomic E-state index is 11.8. The smallest absolute Gasteiger partial charge is 0.422 e. The summed E-state index contributed by atoms with van der Waals surface area (Å²) in [6, 6.07) is 2.51. The number of aromatic nitrogens is 1. The minimum Gasteiger partial charge on any atom is -0.483 e. The van der Waals surface area contributed by atoms with Crippen LogP contribution in [0.5, 0.6) is 5.75 Å². The molecule has 0 saturated heterocycles. The van der Waals surface area contributed by atoms with Crippen LogP contribution in [-0.4, -0.2) is 28.1 Å². The van der Waals surface area contributed by atoms with E-state index in [0.717, 1.165) is 6.20 Å². The van der Waals surface area contributed by atoms with Crippen LogP contribution in [-0.2, 0) is 0 Å². The number of alkyl halides is 3. The summed E-state index contributed by atoms with van der Waals surface area (Å²) in [6.45, 7) is -1.39. The first-order chi connectivity index (χ1) is 7.42. The number of hydrogen-bond acceptors (Lipinski definition) is 4. The lowest BCUT2D eigenvalue weighted by Gasteiger charge is -2.08. The summed E-state index contributed by atoms with van der Waals surface area (Å²) in [4.78, 5) is 3.64. The lowest BCUT2D eigenvalue weighted by molar-refractivity contribution is -0.153. The first kappa shape index (κ1) is 12.6. The van der Waals surface area contributed by atoms with Gasteiger partial charge in [0.05, 0.1) is 6.20 Å². The van der Waals surface area contributed by atoms with Crippen LogP contribution in [0.15, 0.2) is 23.5 Å². The maximum atomic E-state index is 11.8. The molecule has 0 radical (unpaired) electrons. The highest BCUT2D eigenvalue weighted by Gasteiger charge is 2.28. The van der Waals surface area contributed by atoms with Gasteiger partial charge in [-0.15, -0.1) is 0 Å². The molecule has 1 aromatic rings. The Kier molecular flexibility index (Phi) is 3.94. The van der Waals surface area contributed by atoms with Crippen LogP contribution in [0.25, 0.3) is 0 Å². The van der Waals surface area contributed by atoms with Gasteiger partial charge in [-0.3, -0.25) is 0 Å². The third kappa shape index (κ3) is 3.93. The van der Waals surface area contributed by atoms with Crippen molar-refractivity contribution < 1.29 is 23.1 Å². The molecule has 1 aromatic heterocycles. The molecule has 0 bridgehead atoms. The number of hydrogen-bond donors (Lipinski definition) is 1. The second-order valence-corrected chi connectivity index (χ2v) is 3.03. The Morgan fingerprint density at radius 1 is 1.50 bits per heavy atom. The standard InChI is InChI=1S/C8H6ClF3N2O2/c9-7(14-15)6-2-1-5(3-13-6)16-4-8(10,11)12/h1-3,15H,4H2. The Bertz CT molecular complexity index is 378. The maximum Gasteiger partial charge on any atom is 0.422 e. The minimum atomic E-state index is -4.40. The zero-order valence-corrected chi connectivity index (χ0v) is 8.46. The summed E-state index contributed by atoms with van der Waals surface area (Å²) < 4.78 is 39.8. The average Bonchev–Trinajstić information content (AvgIpc) is 2.25. The van der Waals surface area contributed by atoms with E-state index in [1.54, 1.807) is 0 Å². The molecule has 1 rings (SSSR count). The van der Waals surface area contributed by atoms with Gasteiger partial charge in [0.1, 0.15) is 11.4 Å². The Morgan fingerprint density at radius 2 is 2.19 bits per heavy atom. The molecule has 0 aliphatic rings. The van der Waals surface area contributed by atoms with E-state index in [4.69, 9.17) is 16.8 Å². The van der Waals surface area contributed by atoms with E-state index in [0.29, 0.717) is 0 Å². The van der Waals surface area contributed by atoms with Crippen molar-refractivity contribution in [1.29, 1.82) is 0 Å². The normalized spacial score (nSPS) is 12.6. The molecule has 16 heavy (non-hydrogen) atoms. The van der Waals surface area contributed by atoms with E-state index in [2.05, 4.69) is 14.9 Å². The van der Waals surface area contributed by atoms with Crippen molar-refractivity contribution >= 4 is 16.8 Å². The van der Waals surface area contributed by atoms with Crippen molar-refractivity contribution in [1.82, 2.24) is 4.98 Å². The van der Waals surface area contributed by atoms with Crippen molar-refractivity contribution in [3.63, 3.8) is 0 Å². The number of pyridine rings is 1. The van der Waals surface area contributed by atoms with Gasteiger partial charge in [-0.1, -0.05) is 16.8 Å². The molecule has 0 atom stereocenters.